The molecule has 1 saturated carbocycles. The van der Waals surface area contributed by atoms with E-state index in [9.17, 15) is 4.79 Å². The normalized spacial score (nSPS) is 15.8. The van der Waals surface area contributed by atoms with Crippen LogP contribution in [0.3, 0.4) is 0 Å². The lowest BCUT2D eigenvalue weighted by atomic mass is 10.3. The Labute approximate surface area is 76.3 Å². The van der Waals surface area contributed by atoms with Gasteiger partial charge in [0.1, 0.15) is 5.76 Å². The van der Waals surface area contributed by atoms with Crippen LogP contribution in [0.1, 0.15) is 29.1 Å². The quantitative estimate of drug-likeness (QED) is 0.758. The van der Waals surface area contributed by atoms with Gasteiger partial charge in [0.15, 0.2) is 5.69 Å². The van der Waals surface area contributed by atoms with Crippen molar-refractivity contribution in [3.8, 4) is 0 Å². The van der Waals surface area contributed by atoms with Gasteiger partial charge in [0.05, 0.1) is 0 Å². The van der Waals surface area contributed by atoms with Crippen molar-refractivity contribution >= 4 is 5.91 Å². The summed E-state index contributed by atoms with van der Waals surface area (Å²) in [7, 11) is 0. The third kappa shape index (κ3) is 2.08. The van der Waals surface area contributed by atoms with Gasteiger partial charge in [0.25, 0.3) is 5.91 Å². The number of hydrogen-bond donors (Lipinski definition) is 1. The molecule has 1 aromatic heterocycles. The summed E-state index contributed by atoms with van der Waals surface area (Å²) >= 11 is 0. The van der Waals surface area contributed by atoms with E-state index >= 15 is 0 Å². The zero-order valence-electron chi connectivity index (χ0n) is 7.54. The van der Waals surface area contributed by atoms with Crippen molar-refractivity contribution in [1.29, 1.82) is 0 Å². The monoisotopic (exact) mass is 180 g/mol. The van der Waals surface area contributed by atoms with Crippen molar-refractivity contribution in [2.75, 3.05) is 6.54 Å². The molecule has 0 unspecified atom stereocenters. The third-order valence-electron chi connectivity index (χ3n) is 2.11. The Morgan fingerprint density at radius 2 is 2.54 bits per heavy atom. The van der Waals surface area contributed by atoms with Crippen LogP contribution in [0.25, 0.3) is 0 Å². The molecule has 4 heteroatoms. The second-order valence-electron chi connectivity index (χ2n) is 3.48. The van der Waals surface area contributed by atoms with Crippen LogP contribution in [0, 0.1) is 12.8 Å². The van der Waals surface area contributed by atoms with E-state index in [4.69, 9.17) is 4.52 Å². The largest absolute Gasteiger partial charge is 0.361 e. The third-order valence-corrected chi connectivity index (χ3v) is 2.11. The van der Waals surface area contributed by atoms with E-state index in [-0.39, 0.29) is 5.91 Å². The zero-order valence-corrected chi connectivity index (χ0v) is 7.54. The Morgan fingerprint density at radius 3 is 3.08 bits per heavy atom. The van der Waals surface area contributed by atoms with Crippen LogP contribution in [0.4, 0.5) is 0 Å². The van der Waals surface area contributed by atoms with Crippen LogP contribution in [0.5, 0.6) is 0 Å². The summed E-state index contributed by atoms with van der Waals surface area (Å²) < 4.78 is 4.80. The SMILES string of the molecule is Cc1cc(C(=O)NCC2CC2)no1. The topological polar surface area (TPSA) is 55.1 Å². The lowest BCUT2D eigenvalue weighted by Gasteiger charge is -1.98. The minimum absolute atomic E-state index is 0.135. The van der Waals surface area contributed by atoms with Crippen LogP contribution in [-0.4, -0.2) is 17.6 Å². The van der Waals surface area contributed by atoms with Crippen LogP contribution in [0.15, 0.2) is 10.6 Å². The summed E-state index contributed by atoms with van der Waals surface area (Å²) in [5.41, 5.74) is 0.373. The average molecular weight is 180 g/mol. The lowest BCUT2D eigenvalue weighted by Crippen LogP contribution is -2.25. The second kappa shape index (κ2) is 3.20. The molecule has 1 amide bonds. The predicted octanol–water partition coefficient (Wildman–Crippen LogP) is 1.12. The summed E-state index contributed by atoms with van der Waals surface area (Å²) in [6, 6.07) is 1.64. The fraction of sp³-hybridized carbons (Fsp3) is 0.556. The molecule has 0 radical (unpaired) electrons. The predicted molar refractivity (Wildman–Crippen MR) is 46.3 cm³/mol. The number of aryl methyl sites for hydroxylation is 1. The Kier molecular flexibility index (Phi) is 2.04. The van der Waals surface area contributed by atoms with Crippen LogP contribution < -0.4 is 5.32 Å². The van der Waals surface area contributed by atoms with Crippen LogP contribution in [0.2, 0.25) is 0 Å². The highest BCUT2D eigenvalue weighted by molar-refractivity contribution is 5.92. The standard InChI is InChI=1S/C9H12N2O2/c1-6-4-8(11-13-6)9(12)10-5-7-2-3-7/h4,7H,2-3,5H2,1H3,(H,10,12). The van der Waals surface area contributed by atoms with Crippen LogP contribution >= 0.6 is 0 Å². The zero-order chi connectivity index (χ0) is 9.26. The molecular formula is C9H12N2O2. The van der Waals surface area contributed by atoms with Crippen molar-refractivity contribution < 1.29 is 9.32 Å². The van der Waals surface area contributed by atoms with E-state index in [0.717, 1.165) is 6.54 Å². The van der Waals surface area contributed by atoms with Gasteiger partial charge in [-0.15, -0.1) is 0 Å². The lowest BCUT2D eigenvalue weighted by molar-refractivity contribution is 0.0942. The fourth-order valence-electron chi connectivity index (χ4n) is 1.12. The first-order valence-electron chi connectivity index (χ1n) is 4.47. The molecule has 0 spiro atoms. The van der Waals surface area contributed by atoms with Gasteiger partial charge >= 0.3 is 0 Å². The number of amides is 1. The van der Waals surface area contributed by atoms with Crippen molar-refractivity contribution in [2.24, 2.45) is 5.92 Å². The molecule has 0 saturated heterocycles. The van der Waals surface area contributed by atoms with E-state index in [1.54, 1.807) is 13.0 Å². The number of hydrogen-bond acceptors (Lipinski definition) is 3. The highest BCUT2D eigenvalue weighted by Gasteiger charge is 2.22. The molecule has 2 rings (SSSR count). The van der Waals surface area contributed by atoms with E-state index in [1.165, 1.54) is 12.8 Å². The first kappa shape index (κ1) is 8.29. The Morgan fingerprint density at radius 1 is 1.77 bits per heavy atom. The van der Waals surface area contributed by atoms with Crippen molar-refractivity contribution in [1.82, 2.24) is 10.5 Å². The minimum Gasteiger partial charge on any atom is -0.361 e. The molecule has 0 bridgehead atoms. The van der Waals surface area contributed by atoms with Gasteiger partial charge < -0.3 is 9.84 Å². The molecule has 1 heterocycles. The highest BCUT2D eigenvalue weighted by atomic mass is 16.5. The number of rotatable bonds is 3. The average Bonchev–Trinajstić information content (AvgIpc) is 2.84. The molecule has 1 fully saturated rings. The smallest absolute Gasteiger partial charge is 0.273 e. The van der Waals surface area contributed by atoms with Gasteiger partial charge in [-0.25, -0.2) is 0 Å². The summed E-state index contributed by atoms with van der Waals surface area (Å²) in [4.78, 5) is 11.4. The van der Waals surface area contributed by atoms with Gasteiger partial charge in [0.2, 0.25) is 0 Å². The summed E-state index contributed by atoms with van der Waals surface area (Å²) in [6.07, 6.45) is 2.47. The van der Waals surface area contributed by atoms with Gasteiger partial charge in [0, 0.05) is 12.6 Å². The van der Waals surface area contributed by atoms with E-state index in [0.29, 0.717) is 17.4 Å². The molecule has 0 atom stereocenters. The number of nitrogens with one attached hydrogen (secondary N) is 1. The van der Waals surface area contributed by atoms with Gasteiger partial charge in [-0.3, -0.25) is 4.79 Å². The number of carbonyl (C=O) groups excluding carboxylic acids is 1. The fourth-order valence-corrected chi connectivity index (χ4v) is 1.12. The first-order valence-corrected chi connectivity index (χ1v) is 4.47. The number of nitrogens with zero attached hydrogens (tertiary/aromatic N) is 1. The number of aromatic nitrogens is 1. The van der Waals surface area contributed by atoms with Gasteiger partial charge in [-0.05, 0) is 25.7 Å². The molecule has 0 aliphatic heterocycles. The van der Waals surface area contributed by atoms with E-state index < -0.39 is 0 Å². The van der Waals surface area contributed by atoms with E-state index in [1.807, 2.05) is 0 Å². The van der Waals surface area contributed by atoms with Gasteiger partial charge in [-0.2, -0.15) is 0 Å². The highest BCUT2D eigenvalue weighted by Crippen LogP contribution is 2.27. The van der Waals surface area contributed by atoms with Crippen molar-refractivity contribution in [3.63, 3.8) is 0 Å². The molecule has 1 aliphatic carbocycles. The molecule has 13 heavy (non-hydrogen) atoms. The maximum Gasteiger partial charge on any atom is 0.273 e. The molecule has 0 aromatic carbocycles. The molecule has 70 valence electrons. The molecule has 1 aromatic rings. The molecule has 1 N–H and O–H groups in total. The van der Waals surface area contributed by atoms with Crippen LogP contribution in [-0.2, 0) is 0 Å². The molecule has 4 nitrogen and oxygen atoms in total. The number of carbonyl (C=O) groups is 1. The molecular weight excluding hydrogens is 168 g/mol. The van der Waals surface area contributed by atoms with Crippen molar-refractivity contribution in [2.45, 2.75) is 19.8 Å². The Hall–Kier alpha value is -1.32. The Bertz CT molecular complexity index is 315. The van der Waals surface area contributed by atoms with Gasteiger partial charge in [-0.1, -0.05) is 5.16 Å². The maximum atomic E-state index is 11.4. The van der Waals surface area contributed by atoms with E-state index in [2.05, 4.69) is 10.5 Å². The first-order chi connectivity index (χ1) is 6.25. The Balaban J connectivity index is 1.88. The maximum absolute atomic E-state index is 11.4. The summed E-state index contributed by atoms with van der Waals surface area (Å²) in [5, 5.41) is 6.44. The summed E-state index contributed by atoms with van der Waals surface area (Å²) in [5.74, 6) is 1.22. The molecule has 1 aliphatic rings. The minimum atomic E-state index is -0.135. The second-order valence-corrected chi connectivity index (χ2v) is 3.48. The summed E-state index contributed by atoms with van der Waals surface area (Å²) in [6.45, 7) is 2.54. The van der Waals surface area contributed by atoms with Crippen molar-refractivity contribution in [3.05, 3.63) is 17.5 Å².